The van der Waals surface area contributed by atoms with Gasteiger partial charge in [0.05, 0.1) is 11.2 Å². The van der Waals surface area contributed by atoms with Crippen LogP contribution in [0.2, 0.25) is 0 Å². The SMILES string of the molecule is CC(C)C(N)CCNCCc1cscn1. The van der Waals surface area contributed by atoms with Crippen molar-refractivity contribution in [2.24, 2.45) is 11.7 Å². The van der Waals surface area contributed by atoms with Crippen molar-refractivity contribution < 1.29 is 0 Å². The smallest absolute Gasteiger partial charge is 0.0794 e. The van der Waals surface area contributed by atoms with Gasteiger partial charge < -0.3 is 11.1 Å². The second kappa shape index (κ2) is 6.93. The highest BCUT2D eigenvalue weighted by molar-refractivity contribution is 7.07. The largest absolute Gasteiger partial charge is 0.327 e. The Kier molecular flexibility index (Phi) is 5.83. The molecule has 1 aromatic heterocycles. The maximum absolute atomic E-state index is 5.94. The van der Waals surface area contributed by atoms with Crippen LogP contribution in [0.15, 0.2) is 10.9 Å². The summed E-state index contributed by atoms with van der Waals surface area (Å²) in [7, 11) is 0. The summed E-state index contributed by atoms with van der Waals surface area (Å²) in [5, 5.41) is 5.49. The summed E-state index contributed by atoms with van der Waals surface area (Å²) < 4.78 is 0. The van der Waals surface area contributed by atoms with Crippen molar-refractivity contribution in [1.82, 2.24) is 10.3 Å². The normalized spacial score (nSPS) is 13.3. The van der Waals surface area contributed by atoms with Crippen LogP contribution in [0.4, 0.5) is 0 Å². The molecule has 0 fully saturated rings. The standard InChI is InChI=1S/C11H21N3S/c1-9(2)11(12)4-6-13-5-3-10-7-15-8-14-10/h7-9,11,13H,3-6,12H2,1-2H3. The molecule has 0 radical (unpaired) electrons. The highest BCUT2D eigenvalue weighted by Crippen LogP contribution is 2.02. The molecule has 0 aliphatic heterocycles. The minimum Gasteiger partial charge on any atom is -0.327 e. The second-order valence-electron chi connectivity index (χ2n) is 4.18. The minimum absolute atomic E-state index is 0.316. The molecule has 0 aliphatic rings. The molecule has 0 aliphatic carbocycles. The fourth-order valence-electron chi connectivity index (χ4n) is 1.30. The van der Waals surface area contributed by atoms with Gasteiger partial charge in [0.15, 0.2) is 0 Å². The summed E-state index contributed by atoms with van der Waals surface area (Å²) in [5.41, 5.74) is 9.00. The first kappa shape index (κ1) is 12.6. The minimum atomic E-state index is 0.316. The van der Waals surface area contributed by atoms with E-state index in [-0.39, 0.29) is 0 Å². The van der Waals surface area contributed by atoms with Crippen molar-refractivity contribution in [2.75, 3.05) is 13.1 Å². The van der Waals surface area contributed by atoms with E-state index in [0.717, 1.165) is 25.9 Å². The number of aromatic nitrogens is 1. The predicted molar refractivity (Wildman–Crippen MR) is 66.1 cm³/mol. The molecule has 3 N–H and O–H groups in total. The molecule has 3 nitrogen and oxygen atoms in total. The lowest BCUT2D eigenvalue weighted by Crippen LogP contribution is -2.31. The van der Waals surface area contributed by atoms with Crippen molar-refractivity contribution in [3.05, 3.63) is 16.6 Å². The second-order valence-corrected chi connectivity index (χ2v) is 4.90. The summed E-state index contributed by atoms with van der Waals surface area (Å²) in [4.78, 5) is 4.23. The number of nitrogens with two attached hydrogens (primary N) is 1. The monoisotopic (exact) mass is 227 g/mol. The maximum Gasteiger partial charge on any atom is 0.0794 e. The van der Waals surface area contributed by atoms with Crippen LogP contribution in [-0.4, -0.2) is 24.1 Å². The summed E-state index contributed by atoms with van der Waals surface area (Å²) in [6.45, 7) is 6.33. The first-order valence-electron chi connectivity index (χ1n) is 5.53. The third-order valence-corrected chi connectivity index (χ3v) is 3.19. The van der Waals surface area contributed by atoms with Gasteiger partial charge in [-0.3, -0.25) is 0 Å². The fourth-order valence-corrected chi connectivity index (χ4v) is 1.90. The van der Waals surface area contributed by atoms with Gasteiger partial charge in [0.2, 0.25) is 0 Å². The van der Waals surface area contributed by atoms with E-state index in [1.165, 1.54) is 5.69 Å². The van der Waals surface area contributed by atoms with Crippen LogP contribution in [0.5, 0.6) is 0 Å². The number of rotatable bonds is 7. The van der Waals surface area contributed by atoms with Crippen LogP contribution in [-0.2, 0) is 6.42 Å². The lowest BCUT2D eigenvalue weighted by Gasteiger charge is -2.15. The summed E-state index contributed by atoms with van der Waals surface area (Å²) >= 11 is 1.65. The van der Waals surface area contributed by atoms with E-state index >= 15 is 0 Å². The molecule has 0 saturated carbocycles. The van der Waals surface area contributed by atoms with E-state index in [2.05, 4.69) is 29.5 Å². The van der Waals surface area contributed by atoms with Crippen molar-refractivity contribution in [3.63, 3.8) is 0 Å². The molecule has 4 heteroatoms. The fraction of sp³-hybridized carbons (Fsp3) is 0.727. The molecule has 0 bridgehead atoms. The van der Waals surface area contributed by atoms with Gasteiger partial charge >= 0.3 is 0 Å². The summed E-state index contributed by atoms with van der Waals surface area (Å²) in [6, 6.07) is 0.316. The van der Waals surface area contributed by atoms with Crippen LogP contribution in [0.3, 0.4) is 0 Å². The zero-order valence-corrected chi connectivity index (χ0v) is 10.4. The molecule has 86 valence electrons. The Bertz CT molecular complexity index is 246. The molecular weight excluding hydrogens is 206 g/mol. The van der Waals surface area contributed by atoms with Gasteiger partial charge in [-0.2, -0.15) is 0 Å². The van der Waals surface area contributed by atoms with Crippen LogP contribution in [0, 0.1) is 5.92 Å². The summed E-state index contributed by atoms with van der Waals surface area (Å²) in [6.07, 6.45) is 2.06. The number of thiazole rings is 1. The van der Waals surface area contributed by atoms with Gasteiger partial charge in [0, 0.05) is 24.4 Å². The third-order valence-electron chi connectivity index (χ3n) is 2.55. The van der Waals surface area contributed by atoms with E-state index in [9.17, 15) is 0 Å². The molecular formula is C11H21N3S. The molecule has 1 atom stereocenters. The molecule has 1 heterocycles. The number of hydrogen-bond acceptors (Lipinski definition) is 4. The van der Waals surface area contributed by atoms with Crippen molar-refractivity contribution in [2.45, 2.75) is 32.7 Å². The Morgan fingerprint density at radius 1 is 1.47 bits per heavy atom. The molecule has 0 spiro atoms. The molecule has 1 unspecified atom stereocenters. The quantitative estimate of drug-likeness (QED) is 0.696. The average Bonchev–Trinajstić information content (AvgIpc) is 2.69. The van der Waals surface area contributed by atoms with E-state index in [4.69, 9.17) is 5.73 Å². The third kappa shape index (κ3) is 5.25. The zero-order valence-electron chi connectivity index (χ0n) is 9.57. The Hall–Kier alpha value is -0.450. The van der Waals surface area contributed by atoms with Crippen LogP contribution in [0.25, 0.3) is 0 Å². The van der Waals surface area contributed by atoms with Gasteiger partial charge in [-0.05, 0) is 18.9 Å². The molecule has 1 aromatic rings. The highest BCUT2D eigenvalue weighted by Gasteiger charge is 2.05. The van der Waals surface area contributed by atoms with Gasteiger partial charge in [-0.25, -0.2) is 4.98 Å². The van der Waals surface area contributed by atoms with Gasteiger partial charge in [-0.1, -0.05) is 13.8 Å². The van der Waals surface area contributed by atoms with Crippen LogP contribution < -0.4 is 11.1 Å². The number of nitrogens with one attached hydrogen (secondary N) is 1. The Morgan fingerprint density at radius 2 is 2.27 bits per heavy atom. The molecule has 15 heavy (non-hydrogen) atoms. The van der Waals surface area contributed by atoms with E-state index in [0.29, 0.717) is 12.0 Å². The lowest BCUT2D eigenvalue weighted by atomic mass is 10.0. The van der Waals surface area contributed by atoms with Gasteiger partial charge in [0.1, 0.15) is 0 Å². The zero-order chi connectivity index (χ0) is 11.1. The Morgan fingerprint density at radius 3 is 2.87 bits per heavy atom. The van der Waals surface area contributed by atoms with Crippen molar-refractivity contribution >= 4 is 11.3 Å². The lowest BCUT2D eigenvalue weighted by molar-refractivity contribution is 0.450. The molecule has 1 rings (SSSR count). The number of nitrogens with zero attached hydrogens (tertiary/aromatic N) is 1. The maximum atomic E-state index is 5.94. The van der Waals surface area contributed by atoms with Gasteiger partial charge in [-0.15, -0.1) is 11.3 Å². The average molecular weight is 227 g/mol. The van der Waals surface area contributed by atoms with E-state index in [1.807, 2.05) is 5.51 Å². The van der Waals surface area contributed by atoms with Crippen molar-refractivity contribution in [1.29, 1.82) is 0 Å². The topological polar surface area (TPSA) is 50.9 Å². The van der Waals surface area contributed by atoms with Crippen LogP contribution >= 0.6 is 11.3 Å². The summed E-state index contributed by atoms with van der Waals surface area (Å²) in [5.74, 6) is 0.574. The van der Waals surface area contributed by atoms with Gasteiger partial charge in [0.25, 0.3) is 0 Å². The predicted octanol–water partition coefficient (Wildman–Crippen LogP) is 1.65. The molecule has 0 aromatic carbocycles. The number of hydrogen-bond donors (Lipinski definition) is 2. The first-order valence-corrected chi connectivity index (χ1v) is 6.47. The first-order chi connectivity index (χ1) is 7.20. The van der Waals surface area contributed by atoms with Crippen LogP contribution in [0.1, 0.15) is 26.0 Å². The highest BCUT2D eigenvalue weighted by atomic mass is 32.1. The molecule has 0 amide bonds. The van der Waals surface area contributed by atoms with Crippen molar-refractivity contribution in [3.8, 4) is 0 Å². The van der Waals surface area contributed by atoms with E-state index < -0.39 is 0 Å². The molecule has 0 saturated heterocycles. The Labute approximate surface area is 96.1 Å². The van der Waals surface area contributed by atoms with E-state index in [1.54, 1.807) is 11.3 Å². The Balaban J connectivity index is 1.98.